The van der Waals surface area contributed by atoms with E-state index in [4.69, 9.17) is 0 Å². The van der Waals surface area contributed by atoms with Gasteiger partial charge >= 0.3 is 0 Å². The summed E-state index contributed by atoms with van der Waals surface area (Å²) in [6.07, 6.45) is 1.14. The van der Waals surface area contributed by atoms with Crippen molar-refractivity contribution < 1.29 is 8.42 Å². The highest BCUT2D eigenvalue weighted by molar-refractivity contribution is 8.01. The molecule has 2 N–H and O–H groups in total. The van der Waals surface area contributed by atoms with Crippen LogP contribution < -0.4 is 10.0 Å². The first kappa shape index (κ1) is 15.2. The Hall–Kier alpha value is -1.16. The van der Waals surface area contributed by atoms with E-state index in [0.29, 0.717) is 12.3 Å². The molecule has 0 atom stereocenters. The van der Waals surface area contributed by atoms with Crippen LogP contribution in [0.15, 0.2) is 34.7 Å². The highest BCUT2D eigenvalue weighted by Gasteiger charge is 2.06. The second-order valence-electron chi connectivity index (χ2n) is 3.88. The van der Waals surface area contributed by atoms with E-state index >= 15 is 0 Å². The summed E-state index contributed by atoms with van der Waals surface area (Å²) in [5.41, 5.74) is 0.957. The molecule has 0 aliphatic heterocycles. The zero-order valence-corrected chi connectivity index (χ0v) is 13.2. The van der Waals surface area contributed by atoms with Crippen LogP contribution in [0.3, 0.4) is 0 Å². The molecule has 1 heterocycles. The van der Waals surface area contributed by atoms with Gasteiger partial charge in [0.05, 0.1) is 6.26 Å². The van der Waals surface area contributed by atoms with E-state index in [9.17, 15) is 8.42 Å². The lowest BCUT2D eigenvalue weighted by Crippen LogP contribution is -2.24. The van der Waals surface area contributed by atoms with Crippen LogP contribution in [0.2, 0.25) is 0 Å². The molecule has 0 aliphatic carbocycles. The molecule has 20 heavy (non-hydrogen) atoms. The fraction of sp³-hybridized carbons (Fsp3) is 0.273. The van der Waals surface area contributed by atoms with Crippen LogP contribution in [-0.2, 0) is 10.0 Å². The standard InChI is InChI=1S/C11H14N4O2S3/c1-20(16,17)12-7-8-18-11-15-14-10(19-11)13-9-5-3-2-4-6-9/h2-6,12H,7-8H2,1H3,(H,13,14). The van der Waals surface area contributed by atoms with E-state index in [1.807, 2.05) is 30.3 Å². The van der Waals surface area contributed by atoms with Crippen molar-refractivity contribution in [1.29, 1.82) is 0 Å². The Morgan fingerprint density at radius 2 is 2.00 bits per heavy atom. The van der Waals surface area contributed by atoms with Crippen LogP contribution in [0.5, 0.6) is 0 Å². The van der Waals surface area contributed by atoms with E-state index in [1.54, 1.807) is 0 Å². The molecule has 0 fully saturated rings. The number of rotatable bonds is 7. The summed E-state index contributed by atoms with van der Waals surface area (Å²) in [5.74, 6) is 0.618. The third-order valence-corrected chi connectivity index (χ3v) is 4.83. The lowest BCUT2D eigenvalue weighted by Gasteiger charge is -2.00. The monoisotopic (exact) mass is 330 g/mol. The van der Waals surface area contributed by atoms with Crippen molar-refractivity contribution in [3.05, 3.63) is 30.3 Å². The summed E-state index contributed by atoms with van der Waals surface area (Å²) in [6.45, 7) is 0.379. The maximum atomic E-state index is 10.9. The van der Waals surface area contributed by atoms with E-state index in [-0.39, 0.29) is 0 Å². The van der Waals surface area contributed by atoms with Gasteiger partial charge in [0.1, 0.15) is 0 Å². The van der Waals surface area contributed by atoms with Crippen LogP contribution in [-0.4, -0.2) is 37.2 Å². The first-order chi connectivity index (χ1) is 9.53. The second-order valence-corrected chi connectivity index (χ2v) is 8.03. The summed E-state index contributed by atoms with van der Waals surface area (Å²) in [5, 5.41) is 12.0. The van der Waals surface area contributed by atoms with Crippen molar-refractivity contribution in [2.45, 2.75) is 4.34 Å². The van der Waals surface area contributed by atoms with Gasteiger partial charge in [-0.05, 0) is 12.1 Å². The van der Waals surface area contributed by atoms with Gasteiger partial charge in [0.15, 0.2) is 4.34 Å². The zero-order valence-electron chi connectivity index (χ0n) is 10.7. The number of para-hydroxylation sites is 1. The number of anilines is 2. The van der Waals surface area contributed by atoms with Crippen LogP contribution in [0.25, 0.3) is 0 Å². The lowest BCUT2D eigenvalue weighted by atomic mass is 10.3. The molecule has 108 valence electrons. The van der Waals surface area contributed by atoms with E-state index < -0.39 is 10.0 Å². The number of benzene rings is 1. The van der Waals surface area contributed by atoms with E-state index in [1.165, 1.54) is 23.1 Å². The fourth-order valence-corrected chi connectivity index (χ4v) is 3.63. The molecule has 1 aromatic carbocycles. The summed E-state index contributed by atoms with van der Waals surface area (Å²) in [7, 11) is -3.12. The van der Waals surface area contributed by atoms with Gasteiger partial charge in [0.2, 0.25) is 15.2 Å². The zero-order chi connectivity index (χ0) is 14.4. The molecule has 0 amide bonds. The molecule has 6 nitrogen and oxygen atoms in total. The molecule has 0 aliphatic rings. The highest BCUT2D eigenvalue weighted by Crippen LogP contribution is 2.27. The van der Waals surface area contributed by atoms with Gasteiger partial charge in [-0.2, -0.15) is 0 Å². The van der Waals surface area contributed by atoms with Gasteiger partial charge in [0.25, 0.3) is 0 Å². The Balaban J connectivity index is 1.81. The molecule has 0 spiro atoms. The number of nitrogens with zero attached hydrogens (tertiary/aromatic N) is 2. The predicted molar refractivity (Wildman–Crippen MR) is 83.2 cm³/mol. The third-order valence-electron chi connectivity index (χ3n) is 2.12. The summed E-state index contributed by atoms with van der Waals surface area (Å²) in [4.78, 5) is 0. The number of thioether (sulfide) groups is 1. The molecule has 2 aromatic rings. The average molecular weight is 330 g/mol. The molecule has 0 bridgehead atoms. The van der Waals surface area contributed by atoms with Gasteiger partial charge in [-0.25, -0.2) is 13.1 Å². The normalized spacial score (nSPS) is 11.4. The molecular weight excluding hydrogens is 316 g/mol. The van der Waals surface area contributed by atoms with Crippen LogP contribution >= 0.6 is 23.1 Å². The third kappa shape index (κ3) is 5.45. The van der Waals surface area contributed by atoms with Gasteiger partial charge in [0, 0.05) is 18.0 Å². The van der Waals surface area contributed by atoms with Crippen molar-refractivity contribution in [3.63, 3.8) is 0 Å². The number of nitrogens with one attached hydrogen (secondary N) is 2. The van der Waals surface area contributed by atoms with Crippen LogP contribution in [0.4, 0.5) is 10.8 Å². The summed E-state index contributed by atoms with van der Waals surface area (Å²) >= 11 is 2.91. The molecule has 0 saturated carbocycles. The molecular formula is C11H14N4O2S3. The lowest BCUT2D eigenvalue weighted by molar-refractivity contribution is 0.590. The topological polar surface area (TPSA) is 84.0 Å². The Morgan fingerprint density at radius 3 is 2.70 bits per heavy atom. The van der Waals surface area contributed by atoms with Crippen molar-refractivity contribution in [3.8, 4) is 0 Å². The minimum atomic E-state index is -3.12. The second kappa shape index (κ2) is 7.02. The Kier molecular flexibility index (Phi) is 5.35. The minimum Gasteiger partial charge on any atom is -0.330 e. The van der Waals surface area contributed by atoms with Crippen molar-refractivity contribution in [1.82, 2.24) is 14.9 Å². The van der Waals surface area contributed by atoms with Gasteiger partial charge < -0.3 is 5.32 Å². The van der Waals surface area contributed by atoms with Crippen molar-refractivity contribution in [2.24, 2.45) is 0 Å². The molecule has 2 rings (SSSR count). The van der Waals surface area contributed by atoms with Crippen molar-refractivity contribution >= 4 is 43.9 Å². The van der Waals surface area contributed by atoms with E-state index in [0.717, 1.165) is 21.4 Å². The van der Waals surface area contributed by atoms with Gasteiger partial charge in [-0.15, -0.1) is 10.2 Å². The molecule has 0 radical (unpaired) electrons. The Bertz CT molecular complexity index is 643. The summed E-state index contributed by atoms with van der Waals surface area (Å²) < 4.78 is 25.0. The highest BCUT2D eigenvalue weighted by atomic mass is 32.2. The Labute approximate surface area is 126 Å². The molecule has 9 heteroatoms. The number of hydrogen-bond acceptors (Lipinski definition) is 7. The first-order valence-corrected chi connectivity index (χ1v) is 9.45. The molecule has 0 unspecified atom stereocenters. The molecule has 1 aromatic heterocycles. The fourth-order valence-electron chi connectivity index (χ4n) is 1.33. The summed E-state index contributed by atoms with van der Waals surface area (Å²) in [6, 6.07) is 9.72. The maximum absolute atomic E-state index is 10.9. The van der Waals surface area contributed by atoms with E-state index in [2.05, 4.69) is 20.2 Å². The smallest absolute Gasteiger partial charge is 0.210 e. The average Bonchev–Trinajstić information content (AvgIpc) is 2.82. The largest absolute Gasteiger partial charge is 0.330 e. The van der Waals surface area contributed by atoms with Crippen LogP contribution in [0.1, 0.15) is 0 Å². The van der Waals surface area contributed by atoms with Crippen LogP contribution in [0, 0.1) is 0 Å². The predicted octanol–water partition coefficient (Wildman–Crippen LogP) is 1.92. The van der Waals surface area contributed by atoms with Gasteiger partial charge in [-0.3, -0.25) is 0 Å². The number of hydrogen-bond donors (Lipinski definition) is 2. The quantitative estimate of drug-likeness (QED) is 0.596. The maximum Gasteiger partial charge on any atom is 0.210 e. The minimum absolute atomic E-state index is 0.379. The first-order valence-electron chi connectivity index (χ1n) is 5.76. The van der Waals surface area contributed by atoms with Gasteiger partial charge in [-0.1, -0.05) is 41.3 Å². The number of aromatic nitrogens is 2. The SMILES string of the molecule is CS(=O)(=O)NCCSc1nnc(Nc2ccccc2)s1. The number of sulfonamides is 1. The Morgan fingerprint density at radius 1 is 1.25 bits per heavy atom. The van der Waals surface area contributed by atoms with Crippen molar-refractivity contribution in [2.75, 3.05) is 23.9 Å². The molecule has 0 saturated heterocycles.